The Morgan fingerprint density at radius 2 is 1.57 bits per heavy atom. The quantitative estimate of drug-likeness (QED) is 0.149. The van der Waals surface area contributed by atoms with E-state index in [0.29, 0.717) is 10.4 Å². The van der Waals surface area contributed by atoms with E-state index in [2.05, 4.69) is 16.0 Å². The second-order valence-corrected chi connectivity index (χ2v) is 14.2. The zero-order valence-electron chi connectivity index (χ0n) is 24.7. The van der Waals surface area contributed by atoms with Gasteiger partial charge in [0.2, 0.25) is 25.1 Å². The average molecular weight is 639 g/mol. The number of rotatable bonds is 16. The molecule has 10 nitrogen and oxygen atoms in total. The first-order valence-corrected chi connectivity index (χ1v) is 17.0. The van der Waals surface area contributed by atoms with Crippen LogP contribution in [0.15, 0.2) is 84.3 Å². The molecule has 0 spiro atoms. The van der Waals surface area contributed by atoms with Crippen LogP contribution in [-0.2, 0) is 25.4 Å². The van der Waals surface area contributed by atoms with Gasteiger partial charge in [0, 0.05) is 6.42 Å². The van der Waals surface area contributed by atoms with E-state index in [-0.39, 0.29) is 25.2 Å². The normalized spacial score (nSPS) is 14.7. The Labute approximate surface area is 261 Å². The first-order valence-electron chi connectivity index (χ1n) is 14.2. The summed E-state index contributed by atoms with van der Waals surface area (Å²) in [6.45, 7) is 3.71. The molecule has 2 unspecified atom stereocenters. The number of hydrogen-bond donors (Lipinski definition) is 5. The number of carbonyl (C=O) groups is 4. The molecule has 2 aromatic carbocycles. The van der Waals surface area contributed by atoms with Crippen LogP contribution in [0.1, 0.15) is 47.5 Å². The van der Waals surface area contributed by atoms with Gasteiger partial charge in [0.1, 0.15) is 24.0 Å². The Morgan fingerprint density at radius 1 is 0.909 bits per heavy atom. The molecular weight excluding hydrogens is 599 g/mol. The number of primary amides is 1. The van der Waals surface area contributed by atoms with E-state index in [0.717, 1.165) is 5.56 Å². The fourth-order valence-corrected chi connectivity index (χ4v) is 6.61. The summed E-state index contributed by atoms with van der Waals surface area (Å²) in [6, 6.07) is 19.5. The van der Waals surface area contributed by atoms with Gasteiger partial charge in [0.25, 0.3) is 5.91 Å². The Hall–Kier alpha value is -4.05. The van der Waals surface area contributed by atoms with Gasteiger partial charge >= 0.3 is 0 Å². The van der Waals surface area contributed by atoms with Crippen molar-refractivity contribution in [3.05, 3.63) is 100 Å². The van der Waals surface area contributed by atoms with Crippen LogP contribution in [0.4, 0.5) is 0 Å². The summed E-state index contributed by atoms with van der Waals surface area (Å²) in [7, 11) is -4.34. The smallest absolute Gasteiger partial charge is 0.262 e. The maximum atomic E-state index is 13.6. The van der Waals surface area contributed by atoms with Crippen LogP contribution in [0.2, 0.25) is 0 Å². The third kappa shape index (κ3) is 11.2. The van der Waals surface area contributed by atoms with Crippen molar-refractivity contribution in [3.8, 4) is 0 Å². The van der Waals surface area contributed by atoms with Crippen molar-refractivity contribution < 1.29 is 28.6 Å². The van der Waals surface area contributed by atoms with Gasteiger partial charge in [-0.25, -0.2) is 0 Å². The van der Waals surface area contributed by atoms with Crippen LogP contribution >= 0.6 is 18.7 Å². The molecule has 0 aliphatic carbocycles. The van der Waals surface area contributed by atoms with Crippen molar-refractivity contribution in [1.29, 1.82) is 0 Å². The number of carbonyl (C=O) groups excluding carboxylic acids is 4. The number of nitrogens with one attached hydrogen (secondary N) is 3. The average Bonchev–Trinajstić information content (AvgIpc) is 3.52. The summed E-state index contributed by atoms with van der Waals surface area (Å²) < 4.78 is 13.6. The van der Waals surface area contributed by atoms with Gasteiger partial charge in [-0.1, -0.05) is 92.7 Å². The number of hydrogen-bond acceptors (Lipinski definition) is 6. The lowest BCUT2D eigenvalue weighted by Gasteiger charge is -2.26. The highest BCUT2D eigenvalue weighted by Gasteiger charge is 2.36. The molecule has 6 N–H and O–H groups in total. The van der Waals surface area contributed by atoms with E-state index in [4.69, 9.17) is 5.73 Å². The molecular formula is C32H39N4O6PS. The molecule has 3 rings (SSSR count). The van der Waals surface area contributed by atoms with E-state index < -0.39 is 55.0 Å². The molecule has 4 atom stereocenters. The van der Waals surface area contributed by atoms with Crippen molar-refractivity contribution in [2.75, 3.05) is 6.16 Å². The van der Waals surface area contributed by atoms with E-state index >= 15 is 0 Å². The summed E-state index contributed by atoms with van der Waals surface area (Å²) in [5.41, 5.74) is 7.16. The number of amides is 4. The second-order valence-electron chi connectivity index (χ2n) is 10.8. The van der Waals surface area contributed by atoms with Gasteiger partial charge in [-0.05, 0) is 41.3 Å². The van der Waals surface area contributed by atoms with Crippen LogP contribution < -0.4 is 21.7 Å². The predicted molar refractivity (Wildman–Crippen MR) is 173 cm³/mol. The predicted octanol–water partition coefficient (Wildman–Crippen LogP) is 3.92. The fraction of sp³-hybridized carbons (Fsp3) is 0.312. The topological polar surface area (TPSA) is 168 Å². The molecule has 1 heterocycles. The zero-order chi connectivity index (χ0) is 32.1. The molecule has 234 valence electrons. The van der Waals surface area contributed by atoms with Gasteiger partial charge in [-0.3, -0.25) is 23.7 Å². The summed E-state index contributed by atoms with van der Waals surface area (Å²) >= 11 is 1.19. The van der Waals surface area contributed by atoms with Gasteiger partial charge in [-0.2, -0.15) is 0 Å². The summed E-state index contributed by atoms with van der Waals surface area (Å²) in [4.78, 5) is 62.8. The molecule has 1 aromatic heterocycles. The number of nitrogens with two attached hydrogens (primary N) is 1. The summed E-state index contributed by atoms with van der Waals surface area (Å²) in [5, 5.41) is 9.52. The number of benzene rings is 2. The van der Waals surface area contributed by atoms with Gasteiger partial charge < -0.3 is 26.6 Å². The summed E-state index contributed by atoms with van der Waals surface area (Å²) in [5.74, 6) is -4.02. The minimum atomic E-state index is -4.34. The lowest BCUT2D eigenvalue weighted by atomic mass is 10.0. The molecule has 0 saturated carbocycles. The Bertz CT molecular complexity index is 1460. The molecule has 44 heavy (non-hydrogen) atoms. The SMILES string of the molecule is CC(C)C[C@H](NC(=O)CP(=O)(O)C(Cc1ccccc1)NC(=O)c1cccs1)C(=O)N[C@@H](C/C=C/c1ccccc1)C(N)=O. The van der Waals surface area contributed by atoms with Gasteiger partial charge in [0.05, 0.1) is 4.88 Å². The van der Waals surface area contributed by atoms with E-state index in [1.165, 1.54) is 11.3 Å². The maximum absolute atomic E-state index is 13.6. The molecule has 3 aromatic rings. The van der Waals surface area contributed by atoms with Crippen LogP contribution in [0.3, 0.4) is 0 Å². The first kappa shape index (κ1) is 34.4. The van der Waals surface area contributed by atoms with Gasteiger partial charge in [0.15, 0.2) is 0 Å². The molecule has 0 aliphatic rings. The minimum absolute atomic E-state index is 0.0196. The highest BCUT2D eigenvalue weighted by molar-refractivity contribution is 7.59. The van der Waals surface area contributed by atoms with E-state index in [1.807, 2.05) is 44.2 Å². The van der Waals surface area contributed by atoms with Crippen LogP contribution in [0.25, 0.3) is 6.08 Å². The molecule has 0 fully saturated rings. The molecule has 12 heteroatoms. The van der Waals surface area contributed by atoms with Crippen LogP contribution in [-0.4, -0.2) is 52.6 Å². The maximum Gasteiger partial charge on any atom is 0.262 e. The van der Waals surface area contributed by atoms with Gasteiger partial charge in [-0.15, -0.1) is 11.3 Å². The zero-order valence-corrected chi connectivity index (χ0v) is 26.4. The second kappa shape index (κ2) is 16.7. The van der Waals surface area contributed by atoms with Crippen molar-refractivity contribution in [2.45, 2.75) is 51.0 Å². The molecule has 0 radical (unpaired) electrons. The summed E-state index contributed by atoms with van der Waals surface area (Å²) in [6.07, 6.45) is 3.07. The van der Waals surface area contributed by atoms with Crippen LogP contribution in [0, 0.1) is 5.92 Å². The standard InChI is InChI=1S/C32H39N4O6PS/c1-22(2)19-26(31(39)35-25(30(33)38)16-9-15-23-11-5-3-6-12-23)34-28(37)21-43(41,42)29(20-24-13-7-4-8-14-24)36-32(40)27-17-10-18-44-27/h3-15,17-18,22,25-26,29H,16,19-21H2,1-2H3,(H2,33,38)(H,34,37)(H,35,39)(H,36,40)(H,41,42)/b15-9+/t25-,26-,29?/m0/s1. The third-order valence-electron chi connectivity index (χ3n) is 6.67. The molecule has 4 amide bonds. The molecule has 0 aliphatic heterocycles. The Kier molecular flexibility index (Phi) is 13.1. The van der Waals surface area contributed by atoms with Crippen LogP contribution in [0.5, 0.6) is 0 Å². The highest BCUT2D eigenvalue weighted by Crippen LogP contribution is 2.46. The van der Waals surface area contributed by atoms with Crippen molar-refractivity contribution in [3.63, 3.8) is 0 Å². The van der Waals surface area contributed by atoms with E-state index in [9.17, 15) is 28.6 Å². The Morgan fingerprint density at radius 3 is 2.16 bits per heavy atom. The lowest BCUT2D eigenvalue weighted by Crippen LogP contribution is -2.53. The Balaban J connectivity index is 1.71. The minimum Gasteiger partial charge on any atom is -0.368 e. The fourth-order valence-electron chi connectivity index (χ4n) is 4.44. The van der Waals surface area contributed by atoms with E-state index in [1.54, 1.807) is 60.0 Å². The third-order valence-corrected chi connectivity index (χ3v) is 9.57. The van der Waals surface area contributed by atoms with Crippen molar-refractivity contribution >= 4 is 48.4 Å². The largest absolute Gasteiger partial charge is 0.368 e. The monoisotopic (exact) mass is 638 g/mol. The highest BCUT2D eigenvalue weighted by atomic mass is 32.1. The molecule has 0 bridgehead atoms. The first-order chi connectivity index (χ1) is 20.9. The van der Waals surface area contributed by atoms with Crippen molar-refractivity contribution in [1.82, 2.24) is 16.0 Å². The number of thiophene rings is 1. The van der Waals surface area contributed by atoms with Crippen molar-refractivity contribution in [2.24, 2.45) is 11.7 Å². The lowest BCUT2D eigenvalue weighted by molar-refractivity contribution is -0.131. The molecule has 0 saturated heterocycles.